The Bertz CT molecular complexity index is 3060. The van der Waals surface area contributed by atoms with Crippen LogP contribution < -0.4 is 0 Å². The number of esters is 4. The summed E-state index contributed by atoms with van der Waals surface area (Å²) in [5.41, 5.74) is -4.09. The van der Waals surface area contributed by atoms with E-state index in [1.165, 1.54) is 12.1 Å². The molecule has 0 unspecified atom stereocenters. The Kier molecular flexibility index (Phi) is 12.6. The molecule has 0 aliphatic heterocycles. The van der Waals surface area contributed by atoms with Crippen molar-refractivity contribution in [3.8, 4) is 43.8 Å². The van der Waals surface area contributed by atoms with Gasteiger partial charge in [-0.3, -0.25) is 19.2 Å². The van der Waals surface area contributed by atoms with E-state index >= 15 is 19.2 Å². The zero-order valence-corrected chi connectivity index (χ0v) is 38.2. The molecule has 0 saturated carbocycles. The maximum Gasteiger partial charge on any atom is 0.333 e. The van der Waals surface area contributed by atoms with E-state index in [4.69, 9.17) is 18.9 Å². The minimum Gasteiger partial charge on any atom is -0.459 e. The van der Waals surface area contributed by atoms with E-state index < -0.39 is 46.1 Å². The molecular weight excluding hydrogens is 933 g/mol. The number of carbonyl (C=O) groups is 4. The van der Waals surface area contributed by atoms with Gasteiger partial charge >= 0.3 is 23.9 Å². The Balaban J connectivity index is 1.35. The maximum absolute atomic E-state index is 15.6. The molecule has 17 heteroatoms. The minimum absolute atomic E-state index is 0.0130. The molecule has 4 aromatic carbocycles. The lowest BCUT2D eigenvalue weighted by Crippen LogP contribution is -2.50. The van der Waals surface area contributed by atoms with Crippen molar-refractivity contribution in [2.45, 2.75) is 37.3 Å². The largest absolute Gasteiger partial charge is 0.459 e. The van der Waals surface area contributed by atoms with Gasteiger partial charge in [0.2, 0.25) is 22.3 Å². The van der Waals surface area contributed by atoms with Gasteiger partial charge in [-0.05, 0) is 34.4 Å². The molecule has 0 fully saturated rings. The first kappa shape index (κ1) is 45.3. The van der Waals surface area contributed by atoms with Crippen LogP contribution in [0, 0.1) is 45.3 Å². The van der Waals surface area contributed by atoms with Crippen molar-refractivity contribution in [1.29, 1.82) is 21.0 Å². The van der Waals surface area contributed by atoms with E-state index in [9.17, 15) is 21.0 Å². The van der Waals surface area contributed by atoms with Crippen LogP contribution in [0.3, 0.4) is 0 Å². The lowest BCUT2D eigenvalue weighted by atomic mass is 9.70. The van der Waals surface area contributed by atoms with Crippen molar-refractivity contribution >= 4 is 79.3 Å². The average molecular weight is 963 g/mol. The number of nitrogens with zero attached hydrogens (tertiary/aromatic N) is 6. The summed E-state index contributed by atoms with van der Waals surface area (Å²) in [5.74, 6) is -4.51. The highest BCUT2D eigenvalue weighted by Crippen LogP contribution is 2.68. The van der Waals surface area contributed by atoms with Crippen molar-refractivity contribution in [2.24, 2.45) is 9.98 Å². The molecule has 9 rings (SSSR count). The van der Waals surface area contributed by atoms with Crippen LogP contribution in [0.4, 0.5) is 10.0 Å². The number of hydrogen-bond donors (Lipinski definition) is 0. The van der Waals surface area contributed by atoms with Gasteiger partial charge in [-0.15, -0.1) is 34.0 Å². The molecule has 2 aliphatic carbocycles. The van der Waals surface area contributed by atoms with Crippen LogP contribution in [-0.2, 0) is 75.4 Å². The van der Waals surface area contributed by atoms with Gasteiger partial charge in [0.15, 0.2) is 0 Å². The second-order valence-corrected chi connectivity index (χ2v) is 18.4. The normalized spacial score (nSPS) is 12.7. The van der Waals surface area contributed by atoms with Gasteiger partial charge in [-0.25, -0.2) is 9.98 Å². The summed E-state index contributed by atoms with van der Waals surface area (Å²) < 4.78 is 24.5. The van der Waals surface area contributed by atoms with Crippen LogP contribution >= 0.6 is 34.0 Å². The predicted octanol–water partition coefficient (Wildman–Crippen LogP) is 9.62. The molecule has 2 aliphatic rings. The summed E-state index contributed by atoms with van der Waals surface area (Å²) in [6.45, 7) is -1.26. The van der Waals surface area contributed by atoms with Crippen molar-refractivity contribution in [1.82, 2.24) is 0 Å². The quantitative estimate of drug-likeness (QED) is 0.0430. The Hall–Kier alpha value is -8.84. The van der Waals surface area contributed by atoms with E-state index in [1.807, 2.05) is 0 Å². The second kappa shape index (κ2) is 19.2. The first-order chi connectivity index (χ1) is 33.7. The molecule has 0 saturated heterocycles. The molecule has 0 radical (unpaired) electrons. The molecule has 0 amide bonds. The van der Waals surface area contributed by atoms with Crippen molar-refractivity contribution in [3.63, 3.8) is 0 Å². The lowest BCUT2D eigenvalue weighted by Gasteiger charge is -2.32. The summed E-state index contributed by atoms with van der Waals surface area (Å²) in [4.78, 5) is 72.0. The zero-order chi connectivity index (χ0) is 48.1. The standard InChI is InChI=1S/C52H30N6O8S3/c53-23-35(24-54)57-39-21-37-43(67-39)45-41(51(37,47(59)63-27-31-13-5-1-6-14-31)48(60)64-28-32-15-7-2-8-16-32)42-46(69-45)44-38(22-40(68-44)58-36(25-55)26-56)52(42,49(61)65-29-33-17-9-3-10-18-33)50(62)66-30-34-19-11-4-12-20-34/h1-22H,27-30H2. The maximum atomic E-state index is 15.6. The molecule has 0 atom stereocenters. The third-order valence-electron chi connectivity index (χ3n) is 11.3. The van der Waals surface area contributed by atoms with Crippen LogP contribution in [0.1, 0.15) is 44.5 Å². The molecule has 14 nitrogen and oxygen atoms in total. The van der Waals surface area contributed by atoms with Gasteiger partial charge in [0, 0.05) is 22.3 Å². The van der Waals surface area contributed by atoms with Gasteiger partial charge in [-0.1, -0.05) is 121 Å². The molecule has 0 spiro atoms. The predicted molar refractivity (Wildman–Crippen MR) is 254 cm³/mol. The van der Waals surface area contributed by atoms with Gasteiger partial charge in [-0.2, -0.15) is 21.0 Å². The first-order valence-electron chi connectivity index (χ1n) is 20.8. The van der Waals surface area contributed by atoms with Gasteiger partial charge in [0.1, 0.15) is 60.7 Å². The Morgan fingerprint density at radius 2 is 0.696 bits per heavy atom. The molecule has 7 aromatic rings. The van der Waals surface area contributed by atoms with Crippen LogP contribution in [0.15, 0.2) is 143 Å². The zero-order valence-electron chi connectivity index (χ0n) is 35.7. The number of carbonyl (C=O) groups excluding carboxylic acids is 4. The fourth-order valence-electron chi connectivity index (χ4n) is 8.21. The summed E-state index contributed by atoms with van der Waals surface area (Å²) in [6, 6.07) is 44.7. The van der Waals surface area contributed by atoms with E-state index in [0.29, 0.717) is 22.3 Å². The van der Waals surface area contributed by atoms with Crippen LogP contribution in [-0.4, -0.2) is 35.3 Å². The van der Waals surface area contributed by atoms with Gasteiger partial charge in [0.05, 0.1) is 19.5 Å². The highest BCUT2D eigenvalue weighted by atomic mass is 32.1. The lowest BCUT2D eigenvalue weighted by molar-refractivity contribution is -0.167. The minimum atomic E-state index is -2.60. The molecule has 69 heavy (non-hydrogen) atoms. The number of benzene rings is 4. The summed E-state index contributed by atoms with van der Waals surface area (Å²) in [7, 11) is 0. The van der Waals surface area contributed by atoms with Crippen molar-refractivity contribution in [3.05, 3.63) is 178 Å². The Morgan fingerprint density at radius 3 is 0.957 bits per heavy atom. The molecular formula is C52H30N6O8S3. The van der Waals surface area contributed by atoms with Gasteiger partial charge in [0.25, 0.3) is 0 Å². The summed E-state index contributed by atoms with van der Waals surface area (Å²) >= 11 is 2.97. The fourth-order valence-corrected chi connectivity index (χ4v) is 12.1. The SMILES string of the molecule is N#CC(C#N)=Nc1cc2c(s1)-c1sc3c(c1C2(C(=O)OCc1ccccc1)C(=O)OCc1ccccc1)C(C(=O)OCc1ccccc1)(C(=O)OCc1ccccc1)c1cc(N=C(C#N)C#N)sc1-3. The molecule has 0 bridgehead atoms. The first-order valence-corrected chi connectivity index (χ1v) is 23.2. The fraction of sp³-hybridized carbons (Fsp3) is 0.115. The third kappa shape index (κ3) is 8.03. The molecule has 3 aromatic heterocycles. The van der Waals surface area contributed by atoms with Crippen molar-refractivity contribution in [2.75, 3.05) is 0 Å². The van der Waals surface area contributed by atoms with Crippen LogP contribution in [0.25, 0.3) is 19.5 Å². The summed E-state index contributed by atoms with van der Waals surface area (Å²) in [5, 5.41) is 39.0. The molecule has 334 valence electrons. The van der Waals surface area contributed by atoms with Crippen LogP contribution in [0.5, 0.6) is 0 Å². The number of hydrogen-bond acceptors (Lipinski definition) is 17. The Morgan fingerprint density at radius 1 is 0.420 bits per heavy atom. The smallest absolute Gasteiger partial charge is 0.333 e. The van der Waals surface area contributed by atoms with Crippen molar-refractivity contribution < 1.29 is 38.1 Å². The van der Waals surface area contributed by atoms with E-state index in [1.54, 1.807) is 146 Å². The third-order valence-corrected chi connectivity index (χ3v) is 14.8. The number of ether oxygens (including phenoxy) is 4. The highest BCUT2D eigenvalue weighted by molar-refractivity contribution is 7.29. The molecule has 3 heterocycles. The number of rotatable bonds is 14. The summed E-state index contributed by atoms with van der Waals surface area (Å²) in [6.07, 6.45) is 0. The second-order valence-electron chi connectivity index (χ2n) is 15.3. The number of nitriles is 4. The number of aliphatic imine (C=N–C) groups is 2. The highest BCUT2D eigenvalue weighted by Gasteiger charge is 2.69. The van der Waals surface area contributed by atoms with E-state index in [0.717, 1.165) is 34.0 Å². The molecule has 0 N–H and O–H groups in total. The average Bonchev–Trinajstić information content (AvgIpc) is 4.20. The number of thiophene rings is 3. The van der Waals surface area contributed by atoms with E-state index in [-0.39, 0.29) is 78.2 Å². The monoisotopic (exact) mass is 962 g/mol. The van der Waals surface area contributed by atoms with E-state index in [2.05, 4.69) is 9.98 Å². The van der Waals surface area contributed by atoms with Gasteiger partial charge < -0.3 is 18.9 Å². The van der Waals surface area contributed by atoms with Crippen LogP contribution in [0.2, 0.25) is 0 Å². The number of fused-ring (bicyclic) bond motifs is 7. The Labute approximate surface area is 405 Å². The topological polar surface area (TPSA) is 225 Å².